The Balaban J connectivity index is 0.00000256. The van der Waals surface area contributed by atoms with Gasteiger partial charge in [-0.25, -0.2) is 0 Å². The van der Waals surface area contributed by atoms with Gasteiger partial charge in [0.1, 0.15) is 0 Å². The number of carbonyl (C=O) groups is 2. The van der Waals surface area contributed by atoms with Crippen LogP contribution in [0.25, 0.3) is 10.6 Å². The van der Waals surface area contributed by atoms with E-state index in [2.05, 4.69) is 38.3 Å². The minimum atomic E-state index is -1.05. The molecule has 8 bridgehead atoms. The summed E-state index contributed by atoms with van der Waals surface area (Å²) in [5, 5.41) is 63.2. The molecule has 0 aromatic heterocycles. The number of aliphatic carboxylic acids is 2. The van der Waals surface area contributed by atoms with Crippen molar-refractivity contribution in [2.45, 2.75) is 153 Å². The Bertz CT molecular complexity index is 1170. The van der Waals surface area contributed by atoms with Gasteiger partial charge in [0, 0.05) is 36.1 Å². The van der Waals surface area contributed by atoms with Crippen molar-refractivity contribution in [1.29, 1.82) is 0 Å². The second-order valence-electron chi connectivity index (χ2n) is 14.5. The Morgan fingerprint density at radius 2 is 1.11 bits per heavy atom. The van der Waals surface area contributed by atoms with Crippen molar-refractivity contribution < 1.29 is 52.3 Å². The predicted molar refractivity (Wildman–Crippen MR) is 167 cm³/mol. The molecule has 0 saturated carbocycles. The van der Waals surface area contributed by atoms with E-state index in [-0.39, 0.29) is 107 Å². The summed E-state index contributed by atoms with van der Waals surface area (Å²) in [7, 11) is 0. The Hall–Kier alpha value is -1.20. The van der Waals surface area contributed by atoms with Gasteiger partial charge in [-0.1, -0.05) is 55.1 Å². The first-order chi connectivity index (χ1) is 20.8. The number of carboxylic acids is 2. The maximum atomic E-state index is 11.5. The van der Waals surface area contributed by atoms with Gasteiger partial charge < -0.3 is 51.3 Å². The van der Waals surface area contributed by atoms with Crippen LogP contribution in [0.1, 0.15) is 95.8 Å². The molecule has 3 fully saturated rings. The number of fused-ring (bicyclic) bond motifs is 8. The molecule has 0 aromatic rings. The summed E-state index contributed by atoms with van der Waals surface area (Å²) in [6.45, 7) is 12.2. The van der Waals surface area contributed by atoms with Crippen LogP contribution in [0.15, 0.2) is 22.3 Å². The fourth-order valence-electron chi connectivity index (χ4n) is 9.71. The smallest absolute Gasteiger partial charge is 0.656 e. The van der Waals surface area contributed by atoms with Gasteiger partial charge in [0.15, 0.2) is 0 Å². The van der Waals surface area contributed by atoms with Gasteiger partial charge >= 0.3 is 22.3 Å². The van der Waals surface area contributed by atoms with Crippen LogP contribution in [0.2, 0.25) is 0 Å². The molecule has 10 nitrogen and oxygen atoms in total. The van der Waals surface area contributed by atoms with Crippen molar-refractivity contribution in [2.24, 2.45) is 23.7 Å². The Morgan fingerprint density at radius 3 is 1.51 bits per heavy atom. The maximum absolute atomic E-state index is 11.5. The molecule has 14 atom stereocenters. The molecule has 248 valence electrons. The third kappa shape index (κ3) is 7.60. The summed E-state index contributed by atoms with van der Waals surface area (Å²) in [6, 6.07) is -0.153. The van der Waals surface area contributed by atoms with Crippen LogP contribution in [0.4, 0.5) is 0 Å². The zero-order valence-electron chi connectivity index (χ0n) is 29.9. The predicted octanol–water partition coefficient (Wildman–Crippen LogP) is 1.67. The van der Waals surface area contributed by atoms with Gasteiger partial charge in [0.25, 0.3) is 0 Å². The summed E-state index contributed by atoms with van der Waals surface area (Å²) in [4.78, 5) is 23.0. The minimum Gasteiger partial charge on any atom is -0.656 e. The number of carbonyl (C=O) groups excluding carboxylic acids is 2. The molecule has 0 aromatic carbocycles. The van der Waals surface area contributed by atoms with Crippen LogP contribution in [0.5, 0.6) is 0 Å². The van der Waals surface area contributed by atoms with Gasteiger partial charge in [0.2, 0.25) is 0 Å². The number of aliphatic hydroxyl groups is 2. The molecule has 0 spiro atoms. The van der Waals surface area contributed by atoms with Crippen LogP contribution in [-0.4, -0.2) is 82.7 Å². The number of aliphatic hydroxyl groups excluding tert-OH is 2. The fourth-order valence-corrected chi connectivity index (χ4v) is 9.71. The van der Waals surface area contributed by atoms with E-state index in [0.29, 0.717) is 25.7 Å². The van der Waals surface area contributed by atoms with Gasteiger partial charge in [0.05, 0.1) is 12.2 Å². The van der Waals surface area contributed by atoms with Crippen molar-refractivity contribution >= 4 is 11.9 Å². The second kappa shape index (κ2) is 14.9. The van der Waals surface area contributed by atoms with Gasteiger partial charge in [-0.3, -0.25) is 0 Å². The van der Waals surface area contributed by atoms with E-state index in [1.165, 1.54) is 0 Å². The van der Waals surface area contributed by atoms with E-state index < -0.39 is 24.1 Å². The average molecular weight is 680 g/mol. The van der Waals surface area contributed by atoms with Crippen molar-refractivity contribution in [3.05, 3.63) is 32.9 Å². The molecule has 5 aliphatic rings. The zero-order valence-corrected chi connectivity index (χ0v) is 30.8. The first kappa shape index (κ1) is 36.6. The number of nitrogens with one attached hydrogen (secondary N) is 2. The SMILES string of the molecule is CC1=C(C(C)O)C2CC3NC(CC4[N-]C(CC5[N-]C(CC1N2)C(C)C5CCC(=O)[O-])C(CCC(=O)[O-])C4C)C(C(C)O)=C3C.[H+].[H+].[Zn+2]. The first-order valence-corrected chi connectivity index (χ1v) is 16.9. The Morgan fingerprint density at radius 1 is 0.733 bits per heavy atom. The van der Waals surface area contributed by atoms with E-state index in [0.717, 1.165) is 35.1 Å². The summed E-state index contributed by atoms with van der Waals surface area (Å²) in [5.74, 6) is -1.65. The molecule has 0 aliphatic carbocycles. The summed E-state index contributed by atoms with van der Waals surface area (Å²) >= 11 is 0. The van der Waals surface area contributed by atoms with Crippen molar-refractivity contribution in [1.82, 2.24) is 10.6 Å². The number of nitrogens with zero attached hydrogens (tertiary/aromatic N) is 2. The summed E-state index contributed by atoms with van der Waals surface area (Å²) < 4.78 is 0. The van der Waals surface area contributed by atoms with Gasteiger partial charge in [-0.05, 0) is 83.8 Å². The molecule has 5 aliphatic heterocycles. The first-order valence-electron chi connectivity index (χ1n) is 16.9. The standard InChI is InChI=1S/C34H54N4O6.Zn/c1-15-21(7-9-31(41)42)27-14-28-22(8-10-32(43)44)16(2)24(36-28)12-29-34(20(6)40)18(4)26(38-29)13-30-33(19(5)39)17(3)25(37-30)11-23(15)35-27;/h15-16,19-30,37-40H,7-14H2,1-6H3,(H,41,42)(H,43,44);/q-2;+2. The quantitative estimate of drug-likeness (QED) is 0.222. The number of rotatable bonds is 8. The molecular weight excluding hydrogens is 626 g/mol. The number of hydrogen-bond donors (Lipinski definition) is 4. The zero-order chi connectivity index (χ0) is 32.0. The van der Waals surface area contributed by atoms with Crippen molar-refractivity contribution in [3.8, 4) is 0 Å². The molecule has 4 N–H and O–H groups in total. The number of carboxylic acid groups (broad SMARTS) is 2. The average Bonchev–Trinajstić information content (AvgIpc) is 3.59. The molecule has 3 saturated heterocycles. The Kier molecular flexibility index (Phi) is 12.1. The third-order valence-corrected chi connectivity index (χ3v) is 12.0. The van der Waals surface area contributed by atoms with Crippen LogP contribution < -0.4 is 20.8 Å². The van der Waals surface area contributed by atoms with Gasteiger partial charge in [-0.2, -0.15) is 0 Å². The molecule has 0 radical (unpaired) electrons. The number of hydrogen-bond acceptors (Lipinski definition) is 8. The monoisotopic (exact) mass is 678 g/mol. The molecule has 0 amide bonds. The van der Waals surface area contributed by atoms with E-state index in [1.807, 2.05) is 13.8 Å². The topological polar surface area (TPSA) is 173 Å². The molecule has 5 rings (SSSR count). The van der Waals surface area contributed by atoms with Crippen molar-refractivity contribution in [2.75, 3.05) is 0 Å². The molecule has 14 unspecified atom stereocenters. The van der Waals surface area contributed by atoms with Crippen LogP contribution in [0, 0.1) is 23.7 Å². The third-order valence-electron chi connectivity index (χ3n) is 12.0. The summed E-state index contributed by atoms with van der Waals surface area (Å²) in [5.41, 5.74) is 4.35. The Labute approximate surface area is 284 Å². The largest absolute Gasteiger partial charge is 2.00 e. The van der Waals surface area contributed by atoms with Crippen molar-refractivity contribution in [3.63, 3.8) is 0 Å². The molecular formula is C34H54N4O6Zn. The van der Waals surface area contributed by atoms with Crippen LogP contribution in [0.3, 0.4) is 0 Å². The normalized spacial score (nSPS) is 41.2. The van der Waals surface area contributed by atoms with E-state index in [4.69, 9.17) is 10.6 Å². The van der Waals surface area contributed by atoms with E-state index >= 15 is 0 Å². The summed E-state index contributed by atoms with van der Waals surface area (Å²) in [6.07, 6.45) is 2.64. The van der Waals surface area contributed by atoms with Crippen LogP contribution >= 0.6 is 0 Å². The second-order valence-corrected chi connectivity index (χ2v) is 14.5. The minimum absolute atomic E-state index is 0. The van der Waals surface area contributed by atoms with Gasteiger partial charge in [-0.15, -0.1) is 24.2 Å². The van der Waals surface area contributed by atoms with E-state index in [9.17, 15) is 30.0 Å². The molecule has 5 heterocycles. The fraction of sp³-hybridized carbons (Fsp3) is 0.824. The molecule has 11 heteroatoms. The van der Waals surface area contributed by atoms with Crippen LogP contribution in [-0.2, 0) is 29.1 Å². The van der Waals surface area contributed by atoms with E-state index in [1.54, 1.807) is 0 Å². The maximum Gasteiger partial charge on any atom is 2.00 e. The molecule has 45 heavy (non-hydrogen) atoms.